The average molecular weight is 96.1 g/mol. The fourth-order valence-electron chi connectivity index (χ4n) is 0.347. The Morgan fingerprint density at radius 3 is 3.00 bits per heavy atom. The summed E-state index contributed by atoms with van der Waals surface area (Å²) in [5, 5.41) is 0. The molecule has 1 aromatic heterocycles. The Balaban J connectivity index is 3.35. The van der Waals surface area contributed by atoms with Crippen molar-refractivity contribution in [2.45, 2.75) is 0 Å². The van der Waals surface area contributed by atoms with Gasteiger partial charge in [-0.3, -0.25) is 4.79 Å². The predicted octanol–water partition coefficient (Wildman–Crippen LogP) is 0.375. The molecule has 7 heavy (non-hydrogen) atoms. The van der Waals surface area contributed by atoms with E-state index in [0.717, 1.165) is 4.98 Å². The molecule has 1 rings (SSSR count). The third-order valence-electron chi connectivity index (χ3n) is 0.638. The number of hydrogen-bond donors (Lipinski definition) is 1. The van der Waals surface area contributed by atoms with Gasteiger partial charge in [0.05, 0.1) is 0 Å². The molecule has 0 radical (unpaired) electrons. The molecule has 1 N–H and O–H groups in total. The van der Waals surface area contributed by atoms with Crippen molar-refractivity contribution in [1.29, 1.82) is 0 Å². The number of rotatable bonds is 0. The molecule has 0 unspecified atom stereocenters. The van der Waals surface area contributed by atoms with Gasteiger partial charge in [0.15, 0.2) is 1.41 Å². The van der Waals surface area contributed by atoms with Crippen LogP contribution in [0.3, 0.4) is 0 Å². The van der Waals surface area contributed by atoms with Crippen LogP contribution in [0, 0.1) is 0 Å². The summed E-state index contributed by atoms with van der Waals surface area (Å²) in [4.78, 5) is 11.2. The smallest absolute Gasteiger partial charge is 0.247 e. The third kappa shape index (κ3) is 0.892. The quantitative estimate of drug-likeness (QED) is 0.497. The minimum atomic E-state index is -0.299. The molecule has 0 amide bonds. The second-order valence-electron chi connectivity index (χ2n) is 1.17. The SMILES string of the molecule is [2H]n1ccccc1=O. The number of H-pyrrole nitrogens is 1. The van der Waals surface area contributed by atoms with Crippen LogP contribution >= 0.6 is 0 Å². The molecule has 0 aliphatic carbocycles. The van der Waals surface area contributed by atoms with E-state index in [1.165, 1.54) is 12.3 Å². The molecule has 0 fully saturated rings. The van der Waals surface area contributed by atoms with Gasteiger partial charge in [-0.25, -0.2) is 0 Å². The summed E-state index contributed by atoms with van der Waals surface area (Å²) in [6.07, 6.45) is 1.39. The Hall–Kier alpha value is -1.05. The fourth-order valence-corrected chi connectivity index (χ4v) is 0.347. The van der Waals surface area contributed by atoms with Crippen molar-refractivity contribution < 1.29 is 1.41 Å². The first kappa shape index (κ1) is 3.02. The zero-order chi connectivity index (χ0) is 5.98. The second-order valence-corrected chi connectivity index (χ2v) is 1.17. The zero-order valence-electron chi connectivity index (χ0n) is 4.66. The van der Waals surface area contributed by atoms with Crippen LogP contribution in [0.1, 0.15) is 0 Å². The van der Waals surface area contributed by atoms with E-state index in [-0.39, 0.29) is 5.56 Å². The van der Waals surface area contributed by atoms with Crippen molar-refractivity contribution in [2.75, 3.05) is 0 Å². The van der Waals surface area contributed by atoms with Gasteiger partial charge < -0.3 is 4.98 Å². The molecule has 1 aromatic rings. The van der Waals surface area contributed by atoms with Gasteiger partial charge in [0.2, 0.25) is 5.56 Å². The Morgan fingerprint density at radius 1 is 1.71 bits per heavy atom. The van der Waals surface area contributed by atoms with Crippen LogP contribution < -0.4 is 5.56 Å². The molecule has 0 aromatic carbocycles. The van der Waals surface area contributed by atoms with Crippen molar-refractivity contribution in [1.82, 2.24) is 4.98 Å². The van der Waals surface area contributed by atoms with Crippen LogP contribution in [-0.2, 0) is 0 Å². The minimum absolute atomic E-state index is 0.299. The van der Waals surface area contributed by atoms with E-state index in [1.807, 2.05) is 0 Å². The first-order valence-corrected chi connectivity index (χ1v) is 1.97. The van der Waals surface area contributed by atoms with Crippen molar-refractivity contribution in [3.63, 3.8) is 0 Å². The van der Waals surface area contributed by atoms with Gasteiger partial charge in [-0.2, -0.15) is 0 Å². The standard InChI is InChI=1S/C5H5NO/c7-5-3-1-2-4-6-5/h1-4H,(H,6,7)/i/hD. The number of nitrogens with one attached hydrogen (secondary N) is 1. The van der Waals surface area contributed by atoms with Gasteiger partial charge in [-0.1, -0.05) is 6.07 Å². The molecule has 0 bridgehead atoms. The van der Waals surface area contributed by atoms with Crippen molar-refractivity contribution in [3.8, 4) is 0 Å². The molecular weight excluding hydrogens is 90.1 g/mol. The maximum Gasteiger partial charge on any atom is 0.247 e. The monoisotopic (exact) mass is 96.0 g/mol. The Morgan fingerprint density at radius 2 is 2.57 bits per heavy atom. The van der Waals surface area contributed by atoms with Gasteiger partial charge in [-0.15, -0.1) is 0 Å². The maximum atomic E-state index is 10.4. The van der Waals surface area contributed by atoms with Crippen molar-refractivity contribution in [2.24, 2.45) is 0 Å². The summed E-state index contributed by atoms with van der Waals surface area (Å²) in [6.45, 7) is 0. The van der Waals surface area contributed by atoms with Crippen molar-refractivity contribution in [3.05, 3.63) is 34.7 Å². The van der Waals surface area contributed by atoms with Gasteiger partial charge in [0, 0.05) is 12.3 Å². The Kier molecular flexibility index (Phi) is 0.689. The van der Waals surface area contributed by atoms with E-state index in [0.29, 0.717) is 0 Å². The first-order valence-electron chi connectivity index (χ1n) is 2.42. The lowest BCUT2D eigenvalue weighted by Gasteiger charge is -1.73. The zero-order valence-corrected chi connectivity index (χ0v) is 3.66. The highest BCUT2D eigenvalue weighted by molar-refractivity contribution is 4.89. The second kappa shape index (κ2) is 1.60. The van der Waals surface area contributed by atoms with Crippen molar-refractivity contribution >= 4 is 0 Å². The number of pyridine rings is 1. The molecule has 1 heterocycles. The van der Waals surface area contributed by atoms with Gasteiger partial charge in [0.1, 0.15) is 0 Å². The van der Waals surface area contributed by atoms with E-state index in [4.69, 9.17) is 1.41 Å². The average Bonchev–Trinajstić information content (AvgIpc) is 1.77. The Bertz CT molecular complexity index is 230. The number of aromatic nitrogens is 1. The summed E-state index contributed by atoms with van der Waals surface area (Å²) in [5.41, 5.74) is -0.299. The highest BCUT2D eigenvalue weighted by atomic mass is 16.1. The van der Waals surface area contributed by atoms with E-state index < -0.39 is 0 Å². The van der Waals surface area contributed by atoms with E-state index in [2.05, 4.69) is 0 Å². The number of aromatic amines is 1. The maximum absolute atomic E-state index is 10.4. The van der Waals surface area contributed by atoms with Crippen LogP contribution in [0.2, 0.25) is 1.41 Å². The van der Waals surface area contributed by atoms with Gasteiger partial charge in [0.25, 0.3) is 0 Å². The third-order valence-corrected chi connectivity index (χ3v) is 0.638. The summed E-state index contributed by atoms with van der Waals surface area (Å²) in [6, 6.07) is 4.58. The highest BCUT2D eigenvalue weighted by Crippen LogP contribution is 1.67. The van der Waals surface area contributed by atoms with E-state index in [9.17, 15) is 4.79 Å². The van der Waals surface area contributed by atoms with Gasteiger partial charge >= 0.3 is 0 Å². The molecule has 2 heteroatoms. The molecular formula is C5H5NO. The fraction of sp³-hybridized carbons (Fsp3) is 0. The normalized spacial score (nSPS) is 10.6. The van der Waals surface area contributed by atoms with Crippen LogP contribution in [0.4, 0.5) is 0 Å². The lowest BCUT2D eigenvalue weighted by Crippen LogP contribution is -1.98. The highest BCUT2D eigenvalue weighted by Gasteiger charge is 1.69. The predicted molar refractivity (Wildman–Crippen MR) is 27.1 cm³/mol. The first-order chi connectivity index (χ1) is 3.80. The van der Waals surface area contributed by atoms with Crippen LogP contribution in [0.5, 0.6) is 0 Å². The molecule has 0 aliphatic heterocycles. The molecule has 0 saturated heterocycles. The number of hydrogen-bond acceptors (Lipinski definition) is 1. The molecule has 0 atom stereocenters. The van der Waals surface area contributed by atoms with Crippen LogP contribution in [0.15, 0.2) is 29.2 Å². The summed E-state index contributed by atoms with van der Waals surface area (Å²) in [5.74, 6) is 0. The van der Waals surface area contributed by atoms with Crippen LogP contribution in [-0.4, -0.2) is 4.98 Å². The summed E-state index contributed by atoms with van der Waals surface area (Å²) < 4.78 is 6.82. The molecule has 0 spiro atoms. The largest absolute Gasteiger partial charge is 0.329 e. The minimum Gasteiger partial charge on any atom is -0.329 e. The van der Waals surface area contributed by atoms with Crippen LogP contribution in [0.25, 0.3) is 0 Å². The lowest BCUT2D eigenvalue weighted by atomic mass is 10.5. The van der Waals surface area contributed by atoms with E-state index >= 15 is 0 Å². The summed E-state index contributed by atoms with van der Waals surface area (Å²) in [7, 11) is 0. The molecule has 2 nitrogen and oxygen atoms in total. The summed E-state index contributed by atoms with van der Waals surface area (Å²) >= 11 is 0. The van der Waals surface area contributed by atoms with E-state index in [1.54, 1.807) is 12.1 Å². The molecule has 0 aliphatic rings. The lowest BCUT2D eigenvalue weighted by molar-refractivity contribution is 1.24. The molecule has 36 valence electrons. The Labute approximate surface area is 42.3 Å². The molecule has 0 saturated carbocycles. The van der Waals surface area contributed by atoms with Gasteiger partial charge in [-0.05, 0) is 6.07 Å². The topological polar surface area (TPSA) is 32.9 Å².